The summed E-state index contributed by atoms with van der Waals surface area (Å²) < 4.78 is 11.0. The van der Waals surface area contributed by atoms with Gasteiger partial charge in [-0.25, -0.2) is 4.79 Å². The number of anilines is 1. The van der Waals surface area contributed by atoms with Crippen LogP contribution in [0.25, 0.3) is 6.08 Å². The summed E-state index contributed by atoms with van der Waals surface area (Å²) in [5, 5.41) is 23.0. The van der Waals surface area contributed by atoms with E-state index in [1.54, 1.807) is 25.1 Å². The highest BCUT2D eigenvalue weighted by molar-refractivity contribution is 6.40. The van der Waals surface area contributed by atoms with Crippen molar-refractivity contribution in [2.24, 2.45) is 0 Å². The number of benzene rings is 3. The first kappa shape index (κ1) is 27.5. The number of hydrogen-bond donors (Lipinski definition) is 1. The van der Waals surface area contributed by atoms with Crippen LogP contribution in [0.1, 0.15) is 22.8 Å². The van der Waals surface area contributed by atoms with Crippen LogP contribution in [-0.2, 0) is 4.79 Å². The van der Waals surface area contributed by atoms with Gasteiger partial charge in [0.1, 0.15) is 11.6 Å². The Balaban J connectivity index is 1.85. The lowest BCUT2D eigenvalue weighted by atomic mass is 10.1. The van der Waals surface area contributed by atoms with Gasteiger partial charge in [0.05, 0.1) is 32.8 Å². The van der Waals surface area contributed by atoms with Crippen LogP contribution in [0.2, 0.25) is 15.1 Å². The monoisotopic (exact) mass is 559 g/mol. The summed E-state index contributed by atoms with van der Waals surface area (Å²) in [7, 11) is 0. The number of amides is 1. The minimum absolute atomic E-state index is 0.0838. The first-order valence-electron chi connectivity index (χ1n) is 10.4. The van der Waals surface area contributed by atoms with Gasteiger partial charge in [0.15, 0.2) is 11.5 Å². The quantitative estimate of drug-likeness (QED) is 0.0808. The first-order chi connectivity index (χ1) is 17.6. The SMILES string of the molecule is CCOc1cc(/C=C(\C#N)C(=O)Nc2c(Cl)cc([N+](=O)[O-])cc2Cl)ccc1OC(=O)c1ccc(Cl)cc1. The van der Waals surface area contributed by atoms with Crippen LogP contribution in [0.5, 0.6) is 11.5 Å². The molecule has 3 rings (SSSR count). The Morgan fingerprint density at radius 2 is 1.70 bits per heavy atom. The van der Waals surface area contributed by atoms with Crippen molar-refractivity contribution in [2.75, 3.05) is 11.9 Å². The Bertz CT molecular complexity index is 1430. The van der Waals surface area contributed by atoms with E-state index in [1.165, 1.54) is 36.4 Å². The van der Waals surface area contributed by atoms with E-state index in [-0.39, 0.29) is 50.7 Å². The molecule has 0 atom stereocenters. The normalized spacial score (nSPS) is 10.8. The van der Waals surface area contributed by atoms with Crippen molar-refractivity contribution < 1.29 is 24.0 Å². The first-order valence-corrected chi connectivity index (χ1v) is 11.6. The lowest BCUT2D eigenvalue weighted by molar-refractivity contribution is -0.384. The van der Waals surface area contributed by atoms with Crippen LogP contribution in [-0.4, -0.2) is 23.4 Å². The number of rotatable bonds is 8. The maximum absolute atomic E-state index is 12.7. The Hall–Kier alpha value is -4.10. The molecule has 0 bridgehead atoms. The molecule has 0 fully saturated rings. The van der Waals surface area contributed by atoms with Gasteiger partial charge in [-0.15, -0.1) is 0 Å². The zero-order valence-electron chi connectivity index (χ0n) is 19.0. The molecule has 1 N–H and O–H groups in total. The molecule has 37 heavy (non-hydrogen) atoms. The Morgan fingerprint density at radius 1 is 1.05 bits per heavy atom. The van der Waals surface area contributed by atoms with Crippen molar-refractivity contribution in [1.82, 2.24) is 0 Å². The van der Waals surface area contributed by atoms with Crippen molar-refractivity contribution in [1.29, 1.82) is 5.26 Å². The molecule has 0 aromatic heterocycles. The highest BCUT2D eigenvalue weighted by Crippen LogP contribution is 2.35. The molecule has 0 heterocycles. The van der Waals surface area contributed by atoms with Gasteiger partial charge >= 0.3 is 5.97 Å². The Morgan fingerprint density at radius 3 is 2.27 bits per heavy atom. The summed E-state index contributed by atoms with van der Waals surface area (Å²) in [4.78, 5) is 35.5. The van der Waals surface area contributed by atoms with Crippen molar-refractivity contribution in [3.63, 3.8) is 0 Å². The van der Waals surface area contributed by atoms with Gasteiger partial charge in [-0.05, 0) is 55.0 Å². The summed E-state index contributed by atoms with van der Waals surface area (Å²) in [6.07, 6.45) is 1.27. The number of nitro groups is 1. The van der Waals surface area contributed by atoms with Gasteiger partial charge in [-0.2, -0.15) is 5.26 Å². The third-order valence-corrected chi connectivity index (χ3v) is 5.55. The van der Waals surface area contributed by atoms with Crippen molar-refractivity contribution in [3.05, 3.63) is 96.5 Å². The van der Waals surface area contributed by atoms with Gasteiger partial charge in [0.25, 0.3) is 11.6 Å². The number of nitriles is 1. The molecule has 0 spiro atoms. The average molecular weight is 561 g/mol. The van der Waals surface area contributed by atoms with Crippen molar-refractivity contribution in [2.45, 2.75) is 6.92 Å². The average Bonchev–Trinajstić information content (AvgIpc) is 2.86. The second-order valence-corrected chi connectivity index (χ2v) is 8.45. The van der Waals surface area contributed by atoms with Crippen LogP contribution in [0, 0.1) is 21.4 Å². The number of esters is 1. The highest BCUT2D eigenvalue weighted by atomic mass is 35.5. The number of nitro benzene ring substituents is 1. The standard InChI is InChI=1S/C25H16Cl3N3O6/c1-2-36-22-10-14(3-8-21(22)37-25(33)15-4-6-17(26)7-5-15)9-16(13-29)24(32)30-23-19(27)11-18(31(34)35)12-20(23)28/h3-12H,2H2,1H3,(H,30,32)/b16-9+. The maximum Gasteiger partial charge on any atom is 0.343 e. The summed E-state index contributed by atoms with van der Waals surface area (Å²) >= 11 is 17.9. The maximum atomic E-state index is 12.7. The minimum Gasteiger partial charge on any atom is -0.490 e. The molecule has 0 aliphatic carbocycles. The van der Waals surface area contributed by atoms with E-state index < -0.39 is 16.8 Å². The van der Waals surface area contributed by atoms with Gasteiger partial charge in [-0.1, -0.05) is 40.9 Å². The lowest BCUT2D eigenvalue weighted by Gasteiger charge is -2.12. The van der Waals surface area contributed by atoms with E-state index in [0.29, 0.717) is 10.6 Å². The molecular formula is C25H16Cl3N3O6. The van der Waals surface area contributed by atoms with Gasteiger partial charge < -0.3 is 14.8 Å². The molecule has 3 aromatic rings. The second kappa shape index (κ2) is 12.2. The van der Waals surface area contributed by atoms with Crippen LogP contribution < -0.4 is 14.8 Å². The largest absolute Gasteiger partial charge is 0.490 e. The third kappa shape index (κ3) is 6.98. The molecular weight excluding hydrogens is 545 g/mol. The van der Waals surface area contributed by atoms with Crippen molar-refractivity contribution >= 4 is 64.1 Å². The van der Waals surface area contributed by atoms with E-state index in [1.807, 2.05) is 0 Å². The number of hydrogen-bond acceptors (Lipinski definition) is 7. The molecule has 188 valence electrons. The summed E-state index contributed by atoms with van der Waals surface area (Å²) in [6.45, 7) is 1.99. The van der Waals surface area contributed by atoms with E-state index in [9.17, 15) is 25.0 Å². The molecule has 0 radical (unpaired) electrons. The van der Waals surface area contributed by atoms with E-state index in [4.69, 9.17) is 44.3 Å². The fraction of sp³-hybridized carbons (Fsp3) is 0.0800. The number of ether oxygens (including phenoxy) is 2. The van der Waals surface area contributed by atoms with Crippen LogP contribution in [0.3, 0.4) is 0 Å². The molecule has 0 saturated heterocycles. The Labute approximate surface area is 225 Å². The molecule has 0 unspecified atom stereocenters. The van der Waals surface area contributed by atoms with Crippen LogP contribution in [0.4, 0.5) is 11.4 Å². The molecule has 0 aliphatic rings. The van der Waals surface area contributed by atoms with Crippen LogP contribution >= 0.6 is 34.8 Å². The second-order valence-electron chi connectivity index (χ2n) is 7.20. The van der Waals surface area contributed by atoms with Gasteiger partial charge in [-0.3, -0.25) is 14.9 Å². The predicted octanol–water partition coefficient (Wildman–Crippen LogP) is 6.72. The molecule has 0 saturated carbocycles. The molecule has 0 aliphatic heterocycles. The summed E-state index contributed by atoms with van der Waals surface area (Å²) in [6, 6.07) is 14.4. The third-order valence-electron chi connectivity index (χ3n) is 4.70. The van der Waals surface area contributed by atoms with Gasteiger partial charge in [0, 0.05) is 17.2 Å². The smallest absolute Gasteiger partial charge is 0.343 e. The van der Waals surface area contributed by atoms with Crippen molar-refractivity contribution in [3.8, 4) is 17.6 Å². The summed E-state index contributed by atoms with van der Waals surface area (Å²) in [5.74, 6) is -1.14. The van der Waals surface area contributed by atoms with E-state index in [2.05, 4.69) is 5.32 Å². The number of halogens is 3. The zero-order valence-corrected chi connectivity index (χ0v) is 21.2. The molecule has 12 heteroatoms. The number of nitrogens with one attached hydrogen (secondary N) is 1. The number of nitrogens with zero attached hydrogens (tertiary/aromatic N) is 2. The lowest BCUT2D eigenvalue weighted by Crippen LogP contribution is -2.14. The zero-order chi connectivity index (χ0) is 27.1. The predicted molar refractivity (Wildman–Crippen MR) is 139 cm³/mol. The number of carbonyl (C=O) groups is 2. The number of non-ortho nitro benzene ring substituents is 1. The molecule has 9 nitrogen and oxygen atoms in total. The topological polar surface area (TPSA) is 132 Å². The van der Waals surface area contributed by atoms with Gasteiger partial charge in [0.2, 0.25) is 0 Å². The number of carbonyl (C=O) groups excluding carboxylic acids is 2. The van der Waals surface area contributed by atoms with Crippen LogP contribution in [0.15, 0.2) is 60.2 Å². The molecule has 3 aromatic carbocycles. The fourth-order valence-electron chi connectivity index (χ4n) is 2.99. The highest BCUT2D eigenvalue weighted by Gasteiger charge is 2.19. The summed E-state index contributed by atoms with van der Waals surface area (Å²) in [5.41, 5.74) is -0.0899. The van der Waals surface area contributed by atoms with E-state index in [0.717, 1.165) is 12.1 Å². The minimum atomic E-state index is -0.851. The fourth-order valence-corrected chi connectivity index (χ4v) is 3.69. The molecule has 1 amide bonds. The van der Waals surface area contributed by atoms with E-state index >= 15 is 0 Å². The Kier molecular flexibility index (Phi) is 9.09.